The number of carbonyl (C=O) groups excluding carboxylic acids is 2. The first kappa shape index (κ1) is 35.2. The zero-order valence-corrected chi connectivity index (χ0v) is 28.7. The molecule has 5 aromatic rings. The Morgan fingerprint density at radius 2 is 1.57 bits per heavy atom. The van der Waals surface area contributed by atoms with Gasteiger partial charge in [-0.3, -0.25) is 4.79 Å². The number of hydrogen-bond donors (Lipinski definition) is 1. The van der Waals surface area contributed by atoms with Gasteiger partial charge in [-0.15, -0.1) is 0 Å². The molecule has 256 valence electrons. The lowest BCUT2D eigenvalue weighted by atomic mass is 9.97. The number of ether oxygens (including phenoxy) is 3. The van der Waals surface area contributed by atoms with E-state index in [1.165, 1.54) is 10.2 Å². The maximum absolute atomic E-state index is 16.2. The molecular weight excluding hydrogens is 647 g/mol. The van der Waals surface area contributed by atoms with Crippen LogP contribution in [0.5, 0.6) is 5.75 Å². The average Bonchev–Trinajstić information content (AvgIpc) is 3.48. The van der Waals surface area contributed by atoms with Gasteiger partial charge in [0.2, 0.25) is 10.0 Å². The maximum Gasteiger partial charge on any atom is 0.407 e. The van der Waals surface area contributed by atoms with Crippen molar-refractivity contribution in [2.45, 2.75) is 58.6 Å². The Kier molecular flexibility index (Phi) is 10.7. The van der Waals surface area contributed by atoms with Crippen LogP contribution in [0.1, 0.15) is 49.9 Å². The van der Waals surface area contributed by atoms with Gasteiger partial charge >= 0.3 is 12.1 Å². The van der Waals surface area contributed by atoms with Gasteiger partial charge in [0.1, 0.15) is 23.8 Å². The molecule has 11 heteroatoms. The van der Waals surface area contributed by atoms with E-state index in [-0.39, 0.29) is 49.0 Å². The zero-order valence-electron chi connectivity index (χ0n) is 27.9. The smallest absolute Gasteiger partial charge is 0.407 e. The molecule has 0 fully saturated rings. The Bertz CT molecular complexity index is 2070. The van der Waals surface area contributed by atoms with Crippen LogP contribution >= 0.6 is 0 Å². The summed E-state index contributed by atoms with van der Waals surface area (Å²) < 4.78 is 61.5. The molecule has 1 aromatic heterocycles. The molecule has 0 spiro atoms. The minimum Gasteiger partial charge on any atom is -0.489 e. The summed E-state index contributed by atoms with van der Waals surface area (Å²) in [7, 11) is -3.89. The van der Waals surface area contributed by atoms with Gasteiger partial charge in [-0.1, -0.05) is 66.7 Å². The lowest BCUT2D eigenvalue weighted by molar-refractivity contribution is -0.142. The lowest BCUT2D eigenvalue weighted by Crippen LogP contribution is -2.32. The highest BCUT2D eigenvalue weighted by molar-refractivity contribution is 7.89. The number of amides is 1. The third kappa shape index (κ3) is 8.85. The summed E-state index contributed by atoms with van der Waals surface area (Å²) in [5.74, 6) is -0.738. The third-order valence-corrected chi connectivity index (χ3v) is 9.14. The highest BCUT2D eigenvalue weighted by Crippen LogP contribution is 2.35. The summed E-state index contributed by atoms with van der Waals surface area (Å²) in [6.07, 6.45) is 0.810. The fraction of sp³-hybridized carbons (Fsp3) is 0.263. The fourth-order valence-corrected chi connectivity index (χ4v) is 6.85. The molecule has 0 aliphatic rings. The molecular formula is C38H39FN2O7S. The Balaban J connectivity index is 1.55. The Morgan fingerprint density at radius 3 is 2.31 bits per heavy atom. The third-order valence-electron chi connectivity index (χ3n) is 7.52. The largest absolute Gasteiger partial charge is 0.489 e. The van der Waals surface area contributed by atoms with Gasteiger partial charge in [-0.25, -0.2) is 21.6 Å². The summed E-state index contributed by atoms with van der Waals surface area (Å²) >= 11 is 0. The maximum atomic E-state index is 16.2. The van der Waals surface area contributed by atoms with Crippen LogP contribution < -0.4 is 10.1 Å². The molecule has 0 radical (unpaired) electrons. The van der Waals surface area contributed by atoms with Crippen LogP contribution in [0.3, 0.4) is 0 Å². The second kappa shape index (κ2) is 14.9. The fourth-order valence-electron chi connectivity index (χ4n) is 5.40. The minimum absolute atomic E-state index is 0.00575. The predicted molar refractivity (Wildman–Crippen MR) is 186 cm³/mol. The number of esters is 1. The van der Waals surface area contributed by atoms with Gasteiger partial charge in [0.05, 0.1) is 24.3 Å². The quantitative estimate of drug-likeness (QED) is 0.135. The van der Waals surface area contributed by atoms with Crippen molar-refractivity contribution < 1.29 is 36.6 Å². The molecule has 1 N–H and O–H groups in total. The molecule has 0 saturated carbocycles. The van der Waals surface area contributed by atoms with Gasteiger partial charge in [0, 0.05) is 34.8 Å². The van der Waals surface area contributed by atoms with Gasteiger partial charge in [-0.2, -0.15) is 0 Å². The van der Waals surface area contributed by atoms with Crippen molar-refractivity contribution >= 4 is 33.0 Å². The predicted octanol–water partition coefficient (Wildman–Crippen LogP) is 7.53. The standard InChI is InChI=1S/C38H39FN2O7S/c1-5-46-35(42)22-28-14-9-10-17-34(28)47-24-27-20-32(31-16-11-15-29(36(31)39)23-40-37(43)48-38(2,3)4)30-18-19-41(33(30)21-27)49(44,45)25-26-12-7-6-8-13-26/h6-21H,5,22-25H2,1-4H3,(H,40,43). The molecule has 49 heavy (non-hydrogen) atoms. The number of para-hydroxylation sites is 1. The van der Waals surface area contributed by atoms with Crippen LogP contribution in [0.2, 0.25) is 0 Å². The summed E-state index contributed by atoms with van der Waals surface area (Å²) in [5.41, 5.74) is 2.35. The molecule has 0 bridgehead atoms. The van der Waals surface area contributed by atoms with E-state index in [2.05, 4.69) is 5.32 Å². The molecule has 0 atom stereocenters. The van der Waals surface area contributed by atoms with Gasteiger partial charge in [0.25, 0.3) is 0 Å². The molecule has 1 amide bonds. The number of nitrogens with zero attached hydrogens (tertiary/aromatic N) is 1. The highest BCUT2D eigenvalue weighted by Gasteiger charge is 2.22. The summed E-state index contributed by atoms with van der Waals surface area (Å²) in [6.45, 7) is 7.08. The monoisotopic (exact) mass is 686 g/mol. The molecule has 0 unspecified atom stereocenters. The van der Waals surface area contributed by atoms with Crippen molar-refractivity contribution in [1.29, 1.82) is 0 Å². The van der Waals surface area contributed by atoms with Crippen molar-refractivity contribution in [3.8, 4) is 16.9 Å². The van der Waals surface area contributed by atoms with Crippen LogP contribution in [0.25, 0.3) is 22.0 Å². The normalized spacial score (nSPS) is 11.7. The summed E-state index contributed by atoms with van der Waals surface area (Å²) in [6, 6.07) is 25.9. The molecule has 4 aromatic carbocycles. The first-order valence-corrected chi connectivity index (χ1v) is 17.5. The molecule has 9 nitrogen and oxygen atoms in total. The number of benzene rings is 4. The van der Waals surface area contributed by atoms with Gasteiger partial charge < -0.3 is 19.5 Å². The van der Waals surface area contributed by atoms with Crippen LogP contribution in [-0.4, -0.2) is 36.7 Å². The van der Waals surface area contributed by atoms with E-state index in [1.54, 1.807) is 113 Å². The van der Waals surface area contributed by atoms with Crippen molar-refractivity contribution in [1.82, 2.24) is 9.29 Å². The number of aromatic nitrogens is 1. The van der Waals surface area contributed by atoms with E-state index in [1.807, 2.05) is 6.07 Å². The number of hydrogen-bond acceptors (Lipinski definition) is 7. The molecule has 0 saturated heterocycles. The Morgan fingerprint density at radius 1 is 0.857 bits per heavy atom. The number of nitrogens with one attached hydrogen (secondary N) is 1. The Hall–Kier alpha value is -5.16. The number of halogens is 1. The van der Waals surface area contributed by atoms with E-state index in [4.69, 9.17) is 14.2 Å². The van der Waals surface area contributed by atoms with E-state index in [0.717, 1.165) is 0 Å². The van der Waals surface area contributed by atoms with Gasteiger partial charge in [-0.05, 0) is 68.7 Å². The first-order valence-electron chi connectivity index (χ1n) is 15.9. The van der Waals surface area contributed by atoms with Crippen molar-refractivity contribution in [2.24, 2.45) is 0 Å². The van der Waals surface area contributed by atoms with E-state index < -0.39 is 27.5 Å². The van der Waals surface area contributed by atoms with Crippen LogP contribution in [-0.2, 0) is 49.6 Å². The van der Waals surface area contributed by atoms with Crippen LogP contribution in [0.15, 0.2) is 97.2 Å². The average molecular weight is 687 g/mol. The van der Waals surface area contributed by atoms with Crippen LogP contribution in [0.4, 0.5) is 9.18 Å². The van der Waals surface area contributed by atoms with E-state index in [9.17, 15) is 18.0 Å². The highest BCUT2D eigenvalue weighted by atomic mass is 32.2. The number of alkyl carbamates (subject to hydrolysis) is 1. The first-order chi connectivity index (χ1) is 23.3. The second-order valence-electron chi connectivity index (χ2n) is 12.4. The Labute approximate surface area is 285 Å². The summed E-state index contributed by atoms with van der Waals surface area (Å²) in [4.78, 5) is 24.5. The molecule has 1 heterocycles. The molecule has 0 aliphatic carbocycles. The van der Waals surface area contributed by atoms with Crippen molar-refractivity contribution in [3.63, 3.8) is 0 Å². The molecule has 0 aliphatic heterocycles. The second-order valence-corrected chi connectivity index (χ2v) is 14.3. The number of rotatable bonds is 12. The minimum atomic E-state index is -3.89. The van der Waals surface area contributed by atoms with Crippen LogP contribution in [0, 0.1) is 5.82 Å². The SMILES string of the molecule is CCOC(=O)Cc1ccccc1OCc1cc(-c2cccc(CNC(=O)OC(C)(C)C)c2F)c2ccn(S(=O)(=O)Cc3ccccc3)c2c1. The van der Waals surface area contributed by atoms with Crippen molar-refractivity contribution in [3.05, 3.63) is 125 Å². The van der Waals surface area contributed by atoms with E-state index >= 15 is 4.39 Å². The lowest BCUT2D eigenvalue weighted by Gasteiger charge is -2.20. The number of carbonyl (C=O) groups is 2. The molecule has 5 rings (SSSR count). The van der Waals surface area contributed by atoms with E-state index in [0.29, 0.717) is 38.9 Å². The summed E-state index contributed by atoms with van der Waals surface area (Å²) in [5, 5.41) is 3.11. The zero-order chi connectivity index (χ0) is 35.2. The topological polar surface area (TPSA) is 113 Å². The van der Waals surface area contributed by atoms with Gasteiger partial charge in [0.15, 0.2) is 0 Å². The number of fused-ring (bicyclic) bond motifs is 1. The van der Waals surface area contributed by atoms with Crippen molar-refractivity contribution in [2.75, 3.05) is 6.61 Å².